The molecule has 110 valence electrons. The van der Waals surface area contributed by atoms with Crippen molar-refractivity contribution < 1.29 is 32.2 Å². The maximum atomic E-state index is 13.5. The Morgan fingerprint density at radius 2 is 2.05 bits per heavy atom. The summed E-state index contributed by atoms with van der Waals surface area (Å²) in [4.78, 5) is 22.8. The van der Waals surface area contributed by atoms with Crippen molar-refractivity contribution in [2.24, 2.45) is 0 Å². The lowest BCUT2D eigenvalue weighted by molar-refractivity contribution is -0.147. The number of rotatable bonds is 6. The van der Waals surface area contributed by atoms with Crippen LogP contribution in [0.4, 0.5) is 13.2 Å². The van der Waals surface area contributed by atoms with Crippen LogP contribution < -0.4 is 4.74 Å². The number of ether oxygens (including phenoxy) is 2. The minimum Gasteiger partial charge on any atom is -0.463 e. The van der Waals surface area contributed by atoms with Gasteiger partial charge in [0.25, 0.3) is 6.17 Å². The highest BCUT2D eigenvalue weighted by atomic mass is 79.9. The zero-order valence-corrected chi connectivity index (χ0v) is 11.9. The van der Waals surface area contributed by atoms with E-state index in [0.29, 0.717) is 6.07 Å². The summed E-state index contributed by atoms with van der Waals surface area (Å²) in [6.45, 7) is 0.0889. The second-order valence-corrected chi connectivity index (χ2v) is 4.30. The number of ketones is 1. The average Bonchev–Trinajstić information content (AvgIpc) is 2.42. The van der Waals surface area contributed by atoms with Gasteiger partial charge in [0, 0.05) is 5.56 Å². The lowest BCUT2D eigenvalue weighted by atomic mass is 10.1. The van der Waals surface area contributed by atoms with Crippen LogP contribution in [0.1, 0.15) is 17.3 Å². The van der Waals surface area contributed by atoms with Crippen molar-refractivity contribution in [1.82, 2.24) is 0 Å². The summed E-state index contributed by atoms with van der Waals surface area (Å²) in [6.07, 6.45) is -2.58. The van der Waals surface area contributed by atoms with Crippen molar-refractivity contribution in [2.45, 2.75) is 13.1 Å². The van der Waals surface area contributed by atoms with E-state index in [1.54, 1.807) is 0 Å². The summed E-state index contributed by atoms with van der Waals surface area (Å²) in [5, 5.41) is 0. The van der Waals surface area contributed by atoms with Gasteiger partial charge in [-0.3, -0.25) is 4.79 Å². The first-order valence-electron chi connectivity index (χ1n) is 5.45. The fourth-order valence-electron chi connectivity index (χ4n) is 1.34. The van der Waals surface area contributed by atoms with Crippen molar-refractivity contribution >= 4 is 27.7 Å². The minimum absolute atomic E-state index is 0.0998. The van der Waals surface area contributed by atoms with Crippen LogP contribution in [0.15, 0.2) is 16.6 Å². The molecule has 0 saturated heterocycles. The van der Waals surface area contributed by atoms with E-state index in [9.17, 15) is 22.8 Å². The number of esters is 1. The molecule has 0 aliphatic rings. The van der Waals surface area contributed by atoms with Gasteiger partial charge >= 0.3 is 5.97 Å². The molecule has 1 aromatic carbocycles. The molecule has 20 heavy (non-hydrogen) atoms. The Labute approximate surface area is 121 Å². The molecule has 0 aliphatic carbocycles. The molecule has 0 aliphatic heterocycles. The number of benzene rings is 1. The molecule has 0 aromatic heterocycles. The van der Waals surface area contributed by atoms with E-state index in [1.165, 1.54) is 6.92 Å². The number of hydrogen-bond donors (Lipinski definition) is 0. The van der Waals surface area contributed by atoms with Gasteiger partial charge in [0.2, 0.25) is 12.6 Å². The van der Waals surface area contributed by atoms with Crippen LogP contribution >= 0.6 is 15.9 Å². The topological polar surface area (TPSA) is 52.6 Å². The first kappa shape index (κ1) is 16.5. The van der Waals surface area contributed by atoms with Gasteiger partial charge in [-0.1, -0.05) is 0 Å². The quantitative estimate of drug-likeness (QED) is 0.447. The first-order chi connectivity index (χ1) is 9.42. The van der Waals surface area contributed by atoms with Gasteiger partial charge in [-0.25, -0.2) is 18.0 Å². The second-order valence-electron chi connectivity index (χ2n) is 3.50. The third-order valence-electron chi connectivity index (χ3n) is 2.21. The molecule has 1 atom stereocenters. The van der Waals surface area contributed by atoms with Crippen molar-refractivity contribution in [2.75, 3.05) is 13.5 Å². The maximum absolute atomic E-state index is 13.5. The number of Topliss-reactive ketones (excluding diaryl/α,β-unsaturated/α-hetero) is 1. The van der Waals surface area contributed by atoms with Crippen LogP contribution in [0.25, 0.3) is 0 Å². The third kappa shape index (κ3) is 3.72. The molecule has 0 heterocycles. The zero-order chi connectivity index (χ0) is 15.3. The summed E-state index contributed by atoms with van der Waals surface area (Å²) in [5.74, 6) is -3.92. The molecule has 0 bridgehead atoms. The Bertz CT molecular complexity index is 522. The normalized spacial score (nSPS) is 11.8. The van der Waals surface area contributed by atoms with Gasteiger partial charge in [-0.15, -0.1) is 0 Å². The van der Waals surface area contributed by atoms with Crippen LogP contribution in [0, 0.1) is 5.82 Å². The summed E-state index contributed by atoms with van der Waals surface area (Å²) < 4.78 is 47.7. The standard InChI is InChI=1S/C12H10BrF3O4/c1-2-19-12(18)10(16)11(17)6-3-7(15)9(13)8(4-6)20-5-14/h3-4,10H,2,5H2,1H3. The van der Waals surface area contributed by atoms with Crippen LogP contribution in [0.3, 0.4) is 0 Å². The summed E-state index contributed by atoms with van der Waals surface area (Å²) >= 11 is 2.79. The van der Waals surface area contributed by atoms with E-state index in [0.717, 1.165) is 6.07 Å². The van der Waals surface area contributed by atoms with Gasteiger partial charge in [0.15, 0.2) is 0 Å². The number of halogens is 4. The molecular formula is C12H10BrF3O4. The molecule has 0 radical (unpaired) electrons. The predicted molar refractivity (Wildman–Crippen MR) is 66.6 cm³/mol. The van der Waals surface area contributed by atoms with Crippen molar-refractivity contribution in [3.63, 3.8) is 0 Å². The van der Waals surface area contributed by atoms with E-state index in [4.69, 9.17) is 0 Å². The molecule has 0 fully saturated rings. The Hall–Kier alpha value is -1.57. The number of alkyl halides is 2. The number of carbonyl (C=O) groups excluding carboxylic acids is 2. The molecule has 0 N–H and O–H groups in total. The average molecular weight is 355 g/mol. The van der Waals surface area contributed by atoms with Crippen LogP contribution in [-0.4, -0.2) is 31.4 Å². The Balaban J connectivity index is 3.07. The van der Waals surface area contributed by atoms with Gasteiger partial charge < -0.3 is 9.47 Å². The van der Waals surface area contributed by atoms with E-state index >= 15 is 0 Å². The van der Waals surface area contributed by atoms with E-state index < -0.39 is 36.2 Å². The fraction of sp³-hybridized carbons (Fsp3) is 0.333. The molecule has 1 rings (SSSR count). The molecule has 1 aromatic rings. The maximum Gasteiger partial charge on any atom is 0.348 e. The molecule has 4 nitrogen and oxygen atoms in total. The molecular weight excluding hydrogens is 345 g/mol. The largest absolute Gasteiger partial charge is 0.463 e. The SMILES string of the molecule is CCOC(=O)C(F)C(=O)c1cc(F)c(Br)c(OCF)c1. The van der Waals surface area contributed by atoms with Gasteiger partial charge in [0.1, 0.15) is 11.6 Å². The molecule has 1 unspecified atom stereocenters. The molecule has 0 saturated carbocycles. The van der Waals surface area contributed by atoms with Crippen LogP contribution in [-0.2, 0) is 9.53 Å². The van der Waals surface area contributed by atoms with Gasteiger partial charge in [0.05, 0.1) is 11.1 Å². The molecule has 0 spiro atoms. The monoisotopic (exact) mass is 354 g/mol. The van der Waals surface area contributed by atoms with E-state index in [1.807, 2.05) is 0 Å². The number of carbonyl (C=O) groups is 2. The second kappa shape index (κ2) is 7.28. The minimum atomic E-state index is -2.58. The Morgan fingerprint density at radius 3 is 2.60 bits per heavy atom. The highest BCUT2D eigenvalue weighted by Gasteiger charge is 2.29. The van der Waals surface area contributed by atoms with Crippen molar-refractivity contribution in [3.8, 4) is 5.75 Å². The summed E-state index contributed by atoms with van der Waals surface area (Å²) in [5.41, 5.74) is -0.463. The Morgan fingerprint density at radius 1 is 1.40 bits per heavy atom. The molecule has 8 heteroatoms. The van der Waals surface area contributed by atoms with Gasteiger partial charge in [-0.2, -0.15) is 0 Å². The molecule has 0 amide bonds. The third-order valence-corrected chi connectivity index (χ3v) is 2.98. The van der Waals surface area contributed by atoms with Crippen molar-refractivity contribution in [3.05, 3.63) is 28.0 Å². The van der Waals surface area contributed by atoms with E-state index in [-0.39, 0.29) is 16.8 Å². The highest BCUT2D eigenvalue weighted by molar-refractivity contribution is 9.10. The zero-order valence-electron chi connectivity index (χ0n) is 10.3. The number of hydrogen-bond acceptors (Lipinski definition) is 4. The first-order valence-corrected chi connectivity index (χ1v) is 6.24. The summed E-state index contributed by atoms with van der Waals surface area (Å²) in [6, 6.07) is 1.64. The van der Waals surface area contributed by atoms with Crippen LogP contribution in [0.2, 0.25) is 0 Å². The smallest absolute Gasteiger partial charge is 0.348 e. The van der Waals surface area contributed by atoms with Gasteiger partial charge in [-0.05, 0) is 35.0 Å². The van der Waals surface area contributed by atoms with E-state index in [2.05, 4.69) is 25.4 Å². The lowest BCUT2D eigenvalue weighted by Crippen LogP contribution is -2.28. The van der Waals surface area contributed by atoms with Crippen LogP contribution in [0.5, 0.6) is 5.75 Å². The summed E-state index contributed by atoms with van der Waals surface area (Å²) in [7, 11) is 0. The van der Waals surface area contributed by atoms with Crippen molar-refractivity contribution in [1.29, 1.82) is 0 Å². The highest BCUT2D eigenvalue weighted by Crippen LogP contribution is 2.30. The fourth-order valence-corrected chi connectivity index (χ4v) is 1.68. The predicted octanol–water partition coefficient (Wildman–Crippen LogP) is 2.98. The lowest BCUT2D eigenvalue weighted by Gasteiger charge is -2.10. The Kier molecular flexibility index (Phi) is 6.00.